The number of hydrogen-bond donors (Lipinski definition) is 0. The molecule has 0 bridgehead atoms. The first-order valence-corrected chi connectivity index (χ1v) is 10.5. The molecule has 4 aromatic carbocycles. The van der Waals surface area contributed by atoms with Gasteiger partial charge in [0.1, 0.15) is 36.0 Å². The molecule has 0 atom stereocenters. The first-order chi connectivity index (χ1) is 16.2. The van der Waals surface area contributed by atoms with Gasteiger partial charge in [0.2, 0.25) is 0 Å². The van der Waals surface area contributed by atoms with Crippen LogP contribution in [0.25, 0.3) is 0 Å². The number of para-hydroxylation sites is 2. The molecule has 0 unspecified atom stereocenters. The van der Waals surface area contributed by atoms with E-state index in [4.69, 9.17) is 14.2 Å². The van der Waals surface area contributed by atoms with Gasteiger partial charge in [-0.25, -0.2) is 4.79 Å². The minimum atomic E-state index is -0.545. The van der Waals surface area contributed by atoms with Gasteiger partial charge >= 0.3 is 5.97 Å². The van der Waals surface area contributed by atoms with Crippen molar-refractivity contribution in [1.29, 1.82) is 0 Å². The van der Waals surface area contributed by atoms with Gasteiger partial charge in [0.05, 0.1) is 0 Å². The van der Waals surface area contributed by atoms with Crippen molar-refractivity contribution in [2.24, 2.45) is 0 Å². The number of carbonyl (C=O) groups is 2. The highest BCUT2D eigenvalue weighted by Crippen LogP contribution is 2.22. The van der Waals surface area contributed by atoms with Gasteiger partial charge in [0.25, 0.3) is 0 Å². The maximum atomic E-state index is 12.7. The standard InChI is InChI=1S/C28H22O5/c29-27(21-9-3-1-4-10-21)22-15-17-24(18-16-22)33-28(30)25-13-7-8-14-26(25)32-20-19-31-23-11-5-2-6-12-23/h1-18H,19-20H2. The van der Waals surface area contributed by atoms with Gasteiger partial charge in [-0.15, -0.1) is 0 Å². The molecule has 0 aliphatic carbocycles. The number of carbonyl (C=O) groups excluding carboxylic acids is 2. The van der Waals surface area contributed by atoms with Crippen LogP contribution in [0.5, 0.6) is 17.2 Å². The summed E-state index contributed by atoms with van der Waals surface area (Å²) in [6.07, 6.45) is 0. The van der Waals surface area contributed by atoms with E-state index >= 15 is 0 Å². The summed E-state index contributed by atoms with van der Waals surface area (Å²) in [6, 6.07) is 31.8. The molecule has 33 heavy (non-hydrogen) atoms. The summed E-state index contributed by atoms with van der Waals surface area (Å²) in [5, 5.41) is 0. The van der Waals surface area contributed by atoms with Crippen molar-refractivity contribution < 1.29 is 23.8 Å². The summed E-state index contributed by atoms with van der Waals surface area (Å²) in [6.45, 7) is 0.611. The van der Waals surface area contributed by atoms with Crippen LogP contribution in [0.4, 0.5) is 0 Å². The normalized spacial score (nSPS) is 10.3. The highest BCUT2D eigenvalue weighted by atomic mass is 16.5. The number of ether oxygens (including phenoxy) is 3. The second kappa shape index (κ2) is 10.8. The van der Waals surface area contributed by atoms with E-state index in [0.717, 1.165) is 5.75 Å². The Balaban J connectivity index is 1.36. The second-order valence-corrected chi connectivity index (χ2v) is 7.12. The molecule has 5 heteroatoms. The van der Waals surface area contributed by atoms with Crippen LogP contribution in [-0.4, -0.2) is 25.0 Å². The average molecular weight is 438 g/mol. The van der Waals surface area contributed by atoms with E-state index < -0.39 is 5.97 Å². The number of benzene rings is 4. The van der Waals surface area contributed by atoms with Crippen LogP contribution in [0.2, 0.25) is 0 Å². The average Bonchev–Trinajstić information content (AvgIpc) is 2.88. The highest BCUT2D eigenvalue weighted by Gasteiger charge is 2.15. The fourth-order valence-corrected chi connectivity index (χ4v) is 3.18. The Morgan fingerprint density at radius 1 is 0.545 bits per heavy atom. The van der Waals surface area contributed by atoms with Crippen LogP contribution < -0.4 is 14.2 Å². The molecule has 0 amide bonds. The Morgan fingerprint density at radius 3 is 1.85 bits per heavy atom. The number of ketones is 1. The molecule has 4 aromatic rings. The van der Waals surface area contributed by atoms with Crippen molar-refractivity contribution in [3.05, 3.63) is 126 Å². The number of esters is 1. The van der Waals surface area contributed by atoms with Crippen LogP contribution in [0.3, 0.4) is 0 Å². The quantitative estimate of drug-likeness (QED) is 0.147. The monoisotopic (exact) mass is 438 g/mol. The predicted octanol–water partition coefficient (Wildman–Crippen LogP) is 5.59. The largest absolute Gasteiger partial charge is 0.490 e. The Labute approximate surface area is 192 Å². The molecule has 0 radical (unpaired) electrons. The first-order valence-electron chi connectivity index (χ1n) is 10.5. The Hall–Kier alpha value is -4.38. The van der Waals surface area contributed by atoms with Crippen LogP contribution >= 0.6 is 0 Å². The molecule has 5 nitrogen and oxygen atoms in total. The van der Waals surface area contributed by atoms with Crippen molar-refractivity contribution in [2.45, 2.75) is 0 Å². The zero-order chi connectivity index (χ0) is 22.9. The highest BCUT2D eigenvalue weighted by molar-refractivity contribution is 6.09. The van der Waals surface area contributed by atoms with Crippen LogP contribution in [0.15, 0.2) is 109 Å². The van der Waals surface area contributed by atoms with Gasteiger partial charge < -0.3 is 14.2 Å². The van der Waals surface area contributed by atoms with Gasteiger partial charge in [-0.2, -0.15) is 0 Å². The van der Waals surface area contributed by atoms with Crippen LogP contribution in [0.1, 0.15) is 26.3 Å². The van der Waals surface area contributed by atoms with Crippen molar-refractivity contribution in [1.82, 2.24) is 0 Å². The van der Waals surface area contributed by atoms with Gasteiger partial charge in [0.15, 0.2) is 5.78 Å². The van der Waals surface area contributed by atoms with Crippen molar-refractivity contribution in [3.8, 4) is 17.2 Å². The summed E-state index contributed by atoms with van der Waals surface area (Å²) in [5.74, 6) is 0.867. The van der Waals surface area contributed by atoms with Gasteiger partial charge in [-0.1, -0.05) is 60.7 Å². The molecule has 164 valence electrons. The van der Waals surface area contributed by atoms with Gasteiger partial charge in [0, 0.05) is 11.1 Å². The maximum absolute atomic E-state index is 12.7. The van der Waals surface area contributed by atoms with Gasteiger partial charge in [-0.05, 0) is 48.5 Å². The molecule has 0 saturated carbocycles. The fourth-order valence-electron chi connectivity index (χ4n) is 3.18. The minimum Gasteiger partial charge on any atom is -0.490 e. The summed E-state index contributed by atoms with van der Waals surface area (Å²) >= 11 is 0. The van der Waals surface area contributed by atoms with E-state index in [2.05, 4.69) is 0 Å². The third-order valence-corrected chi connectivity index (χ3v) is 4.82. The lowest BCUT2D eigenvalue weighted by Gasteiger charge is -2.12. The van der Waals surface area contributed by atoms with Crippen LogP contribution in [0, 0.1) is 0 Å². The minimum absolute atomic E-state index is 0.0926. The van der Waals surface area contributed by atoms with Crippen molar-refractivity contribution in [2.75, 3.05) is 13.2 Å². The first kappa shape index (κ1) is 21.8. The molecular weight excluding hydrogens is 416 g/mol. The topological polar surface area (TPSA) is 61.8 Å². The zero-order valence-corrected chi connectivity index (χ0v) is 17.8. The molecule has 0 aliphatic rings. The maximum Gasteiger partial charge on any atom is 0.347 e. The van der Waals surface area contributed by atoms with E-state index in [9.17, 15) is 9.59 Å². The summed E-state index contributed by atoms with van der Waals surface area (Å²) in [7, 11) is 0. The molecule has 0 spiro atoms. The van der Waals surface area contributed by atoms with E-state index in [1.54, 1.807) is 60.7 Å². The second-order valence-electron chi connectivity index (χ2n) is 7.12. The third-order valence-electron chi connectivity index (χ3n) is 4.82. The summed E-state index contributed by atoms with van der Waals surface area (Å²) in [4.78, 5) is 25.3. The molecule has 0 heterocycles. The molecule has 0 fully saturated rings. The molecule has 4 rings (SSSR count). The lowest BCUT2D eigenvalue weighted by molar-refractivity contribution is 0.0729. The summed E-state index contributed by atoms with van der Waals surface area (Å²) in [5.41, 5.74) is 1.43. The van der Waals surface area contributed by atoms with Crippen molar-refractivity contribution >= 4 is 11.8 Å². The lowest BCUT2D eigenvalue weighted by atomic mass is 10.0. The predicted molar refractivity (Wildman–Crippen MR) is 125 cm³/mol. The molecule has 0 saturated heterocycles. The Kier molecular flexibility index (Phi) is 7.13. The Bertz CT molecular complexity index is 1200. The van der Waals surface area contributed by atoms with Crippen LogP contribution in [-0.2, 0) is 0 Å². The van der Waals surface area contributed by atoms with E-state index in [0.29, 0.717) is 34.8 Å². The SMILES string of the molecule is O=C(c1ccccc1)c1ccc(OC(=O)c2ccccc2OCCOc2ccccc2)cc1. The van der Waals surface area contributed by atoms with E-state index in [1.807, 2.05) is 48.5 Å². The summed E-state index contributed by atoms with van der Waals surface area (Å²) < 4.78 is 16.9. The number of hydrogen-bond acceptors (Lipinski definition) is 5. The van der Waals surface area contributed by atoms with E-state index in [1.165, 1.54) is 0 Å². The molecular formula is C28H22O5. The smallest absolute Gasteiger partial charge is 0.347 e. The Morgan fingerprint density at radius 2 is 1.12 bits per heavy atom. The fraction of sp³-hybridized carbons (Fsp3) is 0.0714. The zero-order valence-electron chi connectivity index (χ0n) is 17.8. The number of rotatable bonds is 9. The molecule has 0 aromatic heterocycles. The van der Waals surface area contributed by atoms with Crippen molar-refractivity contribution in [3.63, 3.8) is 0 Å². The molecule has 0 aliphatic heterocycles. The van der Waals surface area contributed by atoms with E-state index in [-0.39, 0.29) is 12.4 Å². The molecule has 0 N–H and O–H groups in total. The third kappa shape index (κ3) is 5.86. The lowest BCUT2D eigenvalue weighted by Crippen LogP contribution is -2.14. The van der Waals surface area contributed by atoms with Gasteiger partial charge in [-0.3, -0.25) is 4.79 Å².